The van der Waals surface area contributed by atoms with Crippen LogP contribution in [0.3, 0.4) is 0 Å². The molecule has 2 aromatic carbocycles. The Morgan fingerprint density at radius 3 is 1.97 bits per heavy atom. The molecule has 5 rings (SSSR count). The molecule has 1 saturated heterocycles. The number of piperidine rings is 1. The average Bonchev–Trinajstić information content (AvgIpc) is 3.57. The van der Waals surface area contributed by atoms with Crippen LogP contribution < -0.4 is 10.2 Å². The Morgan fingerprint density at radius 2 is 1.50 bits per heavy atom. The van der Waals surface area contributed by atoms with Gasteiger partial charge in [0.1, 0.15) is 5.75 Å². The molecule has 1 fully saturated rings. The summed E-state index contributed by atoms with van der Waals surface area (Å²) in [5, 5.41) is 20.7. The second kappa shape index (κ2) is 17.2. The molecular weight excluding hydrogens is 472 g/mol. The van der Waals surface area contributed by atoms with Gasteiger partial charge >= 0.3 is 0 Å². The monoisotopic (exact) mass is 520 g/mol. The zero-order valence-corrected chi connectivity index (χ0v) is 25.0. The first-order valence-electron chi connectivity index (χ1n) is 14.2. The molecule has 0 aromatic heterocycles. The van der Waals surface area contributed by atoms with Crippen LogP contribution in [0.2, 0.25) is 0 Å². The summed E-state index contributed by atoms with van der Waals surface area (Å²) in [5.41, 5.74) is 7.26. The van der Waals surface area contributed by atoms with Crippen LogP contribution in [-0.4, -0.2) is 36.0 Å². The van der Waals surface area contributed by atoms with Crippen LogP contribution in [0, 0.1) is 0 Å². The Morgan fingerprint density at radius 1 is 0.895 bits per heavy atom. The minimum absolute atomic E-state index is 0.100. The smallest absolute Gasteiger partial charge is 0.256 e. The molecule has 0 aliphatic carbocycles. The normalized spacial score (nSPS) is 14.7. The number of amides is 1. The molecule has 0 atom stereocenters. The lowest BCUT2D eigenvalue weighted by Gasteiger charge is -2.28. The third-order valence-electron chi connectivity index (χ3n) is 5.98. The van der Waals surface area contributed by atoms with Crippen molar-refractivity contribution in [1.82, 2.24) is 0 Å². The van der Waals surface area contributed by atoms with Gasteiger partial charge in [-0.15, -0.1) is 0 Å². The number of benzene rings is 2. The lowest BCUT2D eigenvalue weighted by molar-refractivity contribution is -0.110. The van der Waals surface area contributed by atoms with Crippen LogP contribution in [0.4, 0.5) is 11.4 Å². The van der Waals surface area contributed by atoms with Gasteiger partial charge in [0.2, 0.25) is 0 Å². The second-order valence-electron chi connectivity index (χ2n) is 8.68. The van der Waals surface area contributed by atoms with Gasteiger partial charge < -0.3 is 15.3 Å². The lowest BCUT2D eigenvalue weighted by atomic mass is 9.96. The fraction of sp³-hybridized carbons (Fsp3) is 0.469. The highest BCUT2D eigenvalue weighted by atomic mass is 16.3. The number of phenols is 1. The SMILES string of the molecule is CC.CC.CC.CC(C)=C1C(=O)Nc2cc(O)c(-c3ccc(N4CCCCC4)cc3)cc21.CC1=NN=CC1. The van der Waals surface area contributed by atoms with Crippen LogP contribution in [0.25, 0.3) is 16.7 Å². The number of carbonyl (C=O) groups excluding carboxylic acids is 1. The lowest BCUT2D eigenvalue weighted by Crippen LogP contribution is -2.29. The van der Waals surface area contributed by atoms with Crippen molar-refractivity contribution >= 4 is 34.8 Å². The van der Waals surface area contributed by atoms with Crippen molar-refractivity contribution < 1.29 is 9.90 Å². The molecule has 3 aliphatic rings. The van der Waals surface area contributed by atoms with Crippen molar-refractivity contribution in [2.45, 2.75) is 88.0 Å². The number of hydrogen-bond donors (Lipinski definition) is 2. The number of nitrogens with zero attached hydrogens (tertiary/aromatic N) is 3. The minimum atomic E-state index is -0.100. The van der Waals surface area contributed by atoms with Crippen molar-refractivity contribution in [3.63, 3.8) is 0 Å². The van der Waals surface area contributed by atoms with Gasteiger partial charge in [-0.3, -0.25) is 4.79 Å². The molecule has 2 N–H and O–H groups in total. The highest BCUT2D eigenvalue weighted by Crippen LogP contribution is 2.41. The van der Waals surface area contributed by atoms with E-state index in [0.29, 0.717) is 11.3 Å². The Labute approximate surface area is 230 Å². The predicted molar refractivity (Wildman–Crippen MR) is 167 cm³/mol. The Bertz CT molecular complexity index is 1110. The molecule has 3 heterocycles. The number of carbonyl (C=O) groups is 1. The summed E-state index contributed by atoms with van der Waals surface area (Å²) < 4.78 is 0. The largest absolute Gasteiger partial charge is 0.507 e. The highest BCUT2D eigenvalue weighted by Gasteiger charge is 2.27. The van der Waals surface area contributed by atoms with Crippen LogP contribution in [0.5, 0.6) is 5.75 Å². The first-order chi connectivity index (χ1) is 18.4. The number of aromatic hydroxyl groups is 1. The molecule has 6 nitrogen and oxygen atoms in total. The molecule has 6 heteroatoms. The third-order valence-corrected chi connectivity index (χ3v) is 5.98. The van der Waals surface area contributed by atoms with Crippen molar-refractivity contribution in [1.29, 1.82) is 0 Å². The van der Waals surface area contributed by atoms with Gasteiger partial charge in [0, 0.05) is 59.9 Å². The Balaban J connectivity index is 0.000000511. The van der Waals surface area contributed by atoms with E-state index in [2.05, 4.69) is 44.7 Å². The second-order valence-corrected chi connectivity index (χ2v) is 8.68. The molecular formula is C32H48N4O2. The maximum absolute atomic E-state index is 12.2. The number of rotatable bonds is 2. The average molecular weight is 521 g/mol. The van der Waals surface area contributed by atoms with Gasteiger partial charge in [-0.05, 0) is 63.8 Å². The number of allylic oxidation sites excluding steroid dienone is 1. The van der Waals surface area contributed by atoms with E-state index in [0.717, 1.165) is 47.5 Å². The van der Waals surface area contributed by atoms with E-state index < -0.39 is 0 Å². The molecule has 0 bridgehead atoms. The highest BCUT2D eigenvalue weighted by molar-refractivity contribution is 6.32. The summed E-state index contributed by atoms with van der Waals surface area (Å²) in [6, 6.07) is 11.9. The summed E-state index contributed by atoms with van der Waals surface area (Å²) in [4.78, 5) is 14.6. The van der Waals surface area contributed by atoms with Crippen LogP contribution in [0.1, 0.15) is 93.6 Å². The summed E-state index contributed by atoms with van der Waals surface area (Å²) in [6.07, 6.45) is 6.56. The van der Waals surface area contributed by atoms with Gasteiger partial charge in [-0.25, -0.2) is 0 Å². The predicted octanol–water partition coefficient (Wildman–Crippen LogP) is 8.71. The maximum Gasteiger partial charge on any atom is 0.256 e. The van der Waals surface area contributed by atoms with E-state index in [1.54, 1.807) is 12.3 Å². The first-order valence-corrected chi connectivity index (χ1v) is 14.2. The molecule has 208 valence electrons. The van der Waals surface area contributed by atoms with E-state index in [1.807, 2.05) is 68.4 Å². The van der Waals surface area contributed by atoms with E-state index in [9.17, 15) is 9.90 Å². The van der Waals surface area contributed by atoms with Crippen LogP contribution in [-0.2, 0) is 4.79 Å². The van der Waals surface area contributed by atoms with E-state index in [4.69, 9.17) is 0 Å². The first kappa shape index (κ1) is 32.6. The minimum Gasteiger partial charge on any atom is -0.507 e. The standard InChI is InChI=1S/C22H24N2O2.C4H6N2.3C2H6/c1-14(2)21-18-12-17(20(25)13-19(18)23-22(21)26)15-6-8-16(9-7-15)24-10-4-3-5-11-24;1-4-2-3-5-6-4;3*1-2/h6-9,12-13,25H,3-5,10-11H2,1-2H3,(H,23,26);3H,2H2,1H3;3*1-2H3. The Kier molecular flexibility index (Phi) is 14.7. The molecule has 1 amide bonds. The van der Waals surface area contributed by atoms with Crippen molar-refractivity contribution in [2.75, 3.05) is 23.3 Å². The summed E-state index contributed by atoms with van der Waals surface area (Å²) >= 11 is 0. The zero-order valence-electron chi connectivity index (χ0n) is 25.0. The van der Waals surface area contributed by atoms with Gasteiger partial charge in [0.25, 0.3) is 5.91 Å². The Hall–Kier alpha value is -3.41. The summed E-state index contributed by atoms with van der Waals surface area (Å²) in [5.74, 6) is 0.0850. The van der Waals surface area contributed by atoms with Crippen molar-refractivity contribution in [2.24, 2.45) is 10.2 Å². The number of anilines is 2. The fourth-order valence-corrected chi connectivity index (χ4v) is 4.29. The molecule has 0 radical (unpaired) electrons. The molecule has 2 aromatic rings. The van der Waals surface area contributed by atoms with Crippen LogP contribution >= 0.6 is 0 Å². The van der Waals surface area contributed by atoms with E-state index in [-0.39, 0.29) is 11.7 Å². The quantitative estimate of drug-likeness (QED) is 0.389. The van der Waals surface area contributed by atoms with Gasteiger partial charge in [-0.1, -0.05) is 59.2 Å². The number of fused-ring (bicyclic) bond motifs is 1. The number of hydrogen-bond acceptors (Lipinski definition) is 5. The number of nitrogens with one attached hydrogen (secondary N) is 1. The van der Waals surface area contributed by atoms with Crippen molar-refractivity contribution in [3.05, 3.63) is 47.5 Å². The van der Waals surface area contributed by atoms with E-state index in [1.165, 1.54) is 24.9 Å². The van der Waals surface area contributed by atoms with Gasteiger partial charge in [-0.2, -0.15) is 10.2 Å². The zero-order chi connectivity index (χ0) is 28.7. The van der Waals surface area contributed by atoms with E-state index >= 15 is 0 Å². The summed E-state index contributed by atoms with van der Waals surface area (Å²) in [6.45, 7) is 20.1. The number of phenolic OH excluding ortho intramolecular Hbond substituents is 1. The molecule has 3 aliphatic heterocycles. The maximum atomic E-state index is 12.2. The third kappa shape index (κ3) is 8.57. The molecule has 0 unspecified atom stereocenters. The van der Waals surface area contributed by atoms with Crippen LogP contribution in [0.15, 0.2) is 52.2 Å². The molecule has 38 heavy (non-hydrogen) atoms. The fourth-order valence-electron chi connectivity index (χ4n) is 4.29. The van der Waals surface area contributed by atoms with Gasteiger partial charge in [0.05, 0.1) is 5.69 Å². The topological polar surface area (TPSA) is 77.3 Å². The molecule has 0 spiro atoms. The summed E-state index contributed by atoms with van der Waals surface area (Å²) in [7, 11) is 0. The van der Waals surface area contributed by atoms with Gasteiger partial charge in [0.15, 0.2) is 0 Å². The molecule has 0 saturated carbocycles. The van der Waals surface area contributed by atoms with Crippen molar-refractivity contribution in [3.8, 4) is 16.9 Å².